The molecule has 1 saturated heterocycles. The maximum atomic E-state index is 12.3. The second kappa shape index (κ2) is 7.40. The van der Waals surface area contributed by atoms with Crippen molar-refractivity contribution in [3.8, 4) is 0 Å². The van der Waals surface area contributed by atoms with E-state index in [-0.39, 0.29) is 0 Å². The molecule has 7 N–H and O–H groups in total. The van der Waals surface area contributed by atoms with Crippen LogP contribution in [-0.2, 0) is 24.8 Å². The number of ether oxygens (including phenoxy) is 1. The van der Waals surface area contributed by atoms with Crippen LogP contribution in [0.2, 0.25) is 0 Å². The van der Waals surface area contributed by atoms with Crippen molar-refractivity contribution in [2.45, 2.75) is 42.3 Å². The Morgan fingerprint density at radius 1 is 1.03 bits per heavy atom. The lowest BCUT2D eigenvalue weighted by atomic mass is 9.70. The van der Waals surface area contributed by atoms with E-state index in [9.17, 15) is 49.5 Å². The smallest absolute Gasteiger partial charge is 0.330 e. The summed E-state index contributed by atoms with van der Waals surface area (Å²) in [7, 11) is 0. The Balaban J connectivity index is 2.94. The van der Waals surface area contributed by atoms with Crippen LogP contribution in [0.4, 0.5) is 0 Å². The van der Waals surface area contributed by atoms with Crippen LogP contribution in [-0.4, -0.2) is 82.0 Å². The number of rotatable bonds is 8. The van der Waals surface area contributed by atoms with Gasteiger partial charge >= 0.3 is 23.6 Å². The van der Waals surface area contributed by atoms with E-state index in [0.717, 1.165) is 6.07 Å². The molecule has 0 bridgehead atoms. The van der Waals surface area contributed by atoms with Gasteiger partial charge in [0.25, 0.3) is 5.56 Å². The van der Waals surface area contributed by atoms with E-state index in [1.54, 1.807) is 4.98 Å². The first-order valence-electron chi connectivity index (χ1n) is 8.04. The van der Waals surface area contributed by atoms with E-state index in [1.165, 1.54) is 0 Å². The molecular formula is C15H18N2O12. The van der Waals surface area contributed by atoms with E-state index >= 15 is 0 Å². The summed E-state index contributed by atoms with van der Waals surface area (Å²) < 4.78 is 5.67. The van der Waals surface area contributed by atoms with Crippen LogP contribution in [0, 0.1) is 0 Å². The summed E-state index contributed by atoms with van der Waals surface area (Å²) in [6.45, 7) is -1.16. The standard InChI is InChI=1S/C15H18N2O12/c18-6-7-13(27,3-9(20)21)14(28,4-10(22)23)15(29-7,5-11(24)25)17-2-1-8(19)16-12(17)26/h1-2,7,18,27-28H,3-6H2,(H,20,21)(H,22,23)(H,24,25)(H,16,19,26)/t7-,13-,14-,15-/m1/s1. The Bertz CT molecular complexity index is 953. The Morgan fingerprint density at radius 2 is 1.59 bits per heavy atom. The van der Waals surface area contributed by atoms with E-state index in [1.807, 2.05) is 0 Å². The number of carbonyl (C=O) groups is 3. The number of nitrogens with zero attached hydrogens (tertiary/aromatic N) is 1. The van der Waals surface area contributed by atoms with Crippen molar-refractivity contribution in [1.82, 2.24) is 9.55 Å². The zero-order valence-corrected chi connectivity index (χ0v) is 14.6. The second-order valence-electron chi connectivity index (χ2n) is 6.55. The Morgan fingerprint density at radius 3 is 2.03 bits per heavy atom. The maximum Gasteiger partial charge on any atom is 0.330 e. The minimum absolute atomic E-state index is 0.341. The van der Waals surface area contributed by atoms with Gasteiger partial charge in [-0.15, -0.1) is 0 Å². The van der Waals surface area contributed by atoms with Gasteiger partial charge < -0.3 is 35.4 Å². The van der Waals surface area contributed by atoms with Gasteiger partial charge in [-0.3, -0.25) is 28.7 Å². The van der Waals surface area contributed by atoms with Gasteiger partial charge in [-0.25, -0.2) is 4.79 Å². The van der Waals surface area contributed by atoms with Crippen molar-refractivity contribution in [2.24, 2.45) is 0 Å². The van der Waals surface area contributed by atoms with Crippen molar-refractivity contribution >= 4 is 17.9 Å². The zero-order chi connectivity index (χ0) is 22.2. The van der Waals surface area contributed by atoms with Crippen LogP contribution < -0.4 is 11.2 Å². The summed E-state index contributed by atoms with van der Waals surface area (Å²) in [6, 6.07) is 0.734. The monoisotopic (exact) mass is 418 g/mol. The number of aliphatic hydroxyl groups is 3. The summed E-state index contributed by atoms with van der Waals surface area (Å²) in [5.74, 6) is -5.27. The van der Waals surface area contributed by atoms with Crippen LogP contribution in [0.5, 0.6) is 0 Å². The SMILES string of the molecule is O=C(O)C[C@@]1(O)[C@@](O)(CC(=O)O)[C@@H](CO)O[C@@]1(CC(=O)O)n1ccc(=O)[nH]c1=O. The number of aliphatic carboxylic acids is 3. The molecule has 0 unspecified atom stereocenters. The Labute approximate surface area is 160 Å². The van der Waals surface area contributed by atoms with Crippen molar-refractivity contribution in [3.63, 3.8) is 0 Å². The topological polar surface area (TPSA) is 237 Å². The number of aromatic amines is 1. The molecule has 1 aliphatic heterocycles. The average molecular weight is 418 g/mol. The average Bonchev–Trinajstić information content (AvgIpc) is 2.72. The molecule has 0 saturated carbocycles. The third kappa shape index (κ3) is 3.42. The van der Waals surface area contributed by atoms with Crippen LogP contribution in [0.1, 0.15) is 19.3 Å². The molecule has 14 heteroatoms. The third-order valence-corrected chi connectivity index (χ3v) is 4.83. The molecule has 160 valence electrons. The molecule has 0 aliphatic carbocycles. The molecule has 4 atom stereocenters. The minimum Gasteiger partial charge on any atom is -0.481 e. The minimum atomic E-state index is -3.24. The molecule has 0 aromatic carbocycles. The van der Waals surface area contributed by atoms with Gasteiger partial charge in [0, 0.05) is 12.3 Å². The molecule has 0 radical (unpaired) electrons. The molecule has 0 amide bonds. The van der Waals surface area contributed by atoms with Crippen molar-refractivity contribution in [2.75, 3.05) is 6.61 Å². The number of nitrogens with one attached hydrogen (secondary N) is 1. The van der Waals surface area contributed by atoms with Gasteiger partial charge in [-0.1, -0.05) is 0 Å². The number of hydrogen-bond donors (Lipinski definition) is 7. The van der Waals surface area contributed by atoms with Crippen LogP contribution >= 0.6 is 0 Å². The summed E-state index contributed by atoms with van der Waals surface area (Å²) >= 11 is 0. The third-order valence-electron chi connectivity index (χ3n) is 4.83. The Hall–Kier alpha value is -3.07. The summed E-state index contributed by atoms with van der Waals surface area (Å²) in [5, 5.41) is 59.6. The van der Waals surface area contributed by atoms with Crippen LogP contribution in [0.25, 0.3) is 0 Å². The first-order chi connectivity index (χ1) is 13.3. The van der Waals surface area contributed by atoms with Crippen molar-refractivity contribution in [3.05, 3.63) is 33.1 Å². The van der Waals surface area contributed by atoms with E-state index in [4.69, 9.17) is 9.84 Å². The molecular weight excluding hydrogens is 400 g/mol. The summed E-state index contributed by atoms with van der Waals surface area (Å²) in [6.07, 6.45) is -5.46. The van der Waals surface area contributed by atoms with Gasteiger partial charge in [0.05, 0.1) is 25.9 Å². The number of aliphatic hydroxyl groups excluding tert-OH is 1. The van der Waals surface area contributed by atoms with Crippen molar-refractivity contribution < 1.29 is 49.8 Å². The molecule has 1 aromatic rings. The highest BCUT2D eigenvalue weighted by Crippen LogP contribution is 2.54. The van der Waals surface area contributed by atoms with Gasteiger partial charge in [0.2, 0.25) is 0 Å². The lowest BCUT2D eigenvalue weighted by molar-refractivity contribution is -0.225. The fourth-order valence-electron chi connectivity index (χ4n) is 3.66. The quantitative estimate of drug-likeness (QED) is 0.217. The molecule has 29 heavy (non-hydrogen) atoms. The number of hydrogen-bond acceptors (Lipinski definition) is 9. The number of carboxylic acid groups (broad SMARTS) is 3. The summed E-state index contributed by atoms with van der Waals surface area (Å²) in [5.41, 5.74) is -11.4. The van der Waals surface area contributed by atoms with Crippen LogP contribution in [0.15, 0.2) is 21.9 Å². The number of H-pyrrole nitrogens is 1. The lowest BCUT2D eigenvalue weighted by Crippen LogP contribution is -2.67. The normalized spacial score (nSPS) is 31.5. The molecule has 1 aromatic heterocycles. The highest BCUT2D eigenvalue weighted by atomic mass is 16.6. The molecule has 2 rings (SSSR count). The molecule has 2 heterocycles. The van der Waals surface area contributed by atoms with E-state index in [2.05, 4.69) is 0 Å². The first-order valence-corrected chi connectivity index (χ1v) is 8.04. The number of carboxylic acids is 3. The molecule has 14 nitrogen and oxygen atoms in total. The highest BCUT2D eigenvalue weighted by Gasteiger charge is 2.75. The predicted molar refractivity (Wildman–Crippen MR) is 87.9 cm³/mol. The number of aromatic nitrogens is 2. The first kappa shape index (κ1) is 22.2. The maximum absolute atomic E-state index is 12.3. The van der Waals surface area contributed by atoms with Gasteiger partial charge in [-0.2, -0.15) is 0 Å². The Kier molecular flexibility index (Phi) is 5.67. The highest BCUT2D eigenvalue weighted by molar-refractivity contribution is 5.73. The predicted octanol–water partition coefficient (Wildman–Crippen LogP) is -3.53. The van der Waals surface area contributed by atoms with E-state index in [0.29, 0.717) is 10.8 Å². The molecule has 1 fully saturated rings. The fourth-order valence-corrected chi connectivity index (χ4v) is 3.66. The summed E-state index contributed by atoms with van der Waals surface area (Å²) in [4.78, 5) is 59.7. The molecule has 1 aliphatic rings. The van der Waals surface area contributed by atoms with Gasteiger partial charge in [0.15, 0.2) is 11.3 Å². The fraction of sp³-hybridized carbons (Fsp3) is 0.533. The molecule has 0 spiro atoms. The van der Waals surface area contributed by atoms with Gasteiger partial charge in [-0.05, 0) is 0 Å². The van der Waals surface area contributed by atoms with Crippen molar-refractivity contribution in [1.29, 1.82) is 0 Å². The largest absolute Gasteiger partial charge is 0.481 e. The zero-order valence-electron chi connectivity index (χ0n) is 14.6. The van der Waals surface area contributed by atoms with Gasteiger partial charge in [0.1, 0.15) is 11.7 Å². The lowest BCUT2D eigenvalue weighted by Gasteiger charge is -2.45. The van der Waals surface area contributed by atoms with Crippen LogP contribution in [0.3, 0.4) is 0 Å². The second-order valence-corrected chi connectivity index (χ2v) is 6.55. The van der Waals surface area contributed by atoms with E-state index < -0.39 is 78.1 Å².